The molecule has 1 heterocycles. The number of nitrogens with one attached hydrogen (secondary N) is 2. The van der Waals surface area contributed by atoms with Crippen LogP contribution in [-0.4, -0.2) is 10.9 Å². The molecule has 1 amide bonds. The van der Waals surface area contributed by atoms with Crippen molar-refractivity contribution in [3.8, 4) is 6.07 Å². The van der Waals surface area contributed by atoms with Crippen LogP contribution in [0.1, 0.15) is 21.6 Å². The highest BCUT2D eigenvalue weighted by molar-refractivity contribution is 6.06. The molecule has 4 nitrogen and oxygen atoms in total. The van der Waals surface area contributed by atoms with Crippen molar-refractivity contribution in [3.05, 3.63) is 65.4 Å². The fourth-order valence-corrected chi connectivity index (χ4v) is 2.24. The van der Waals surface area contributed by atoms with Crippen molar-refractivity contribution >= 4 is 22.5 Å². The third kappa shape index (κ3) is 2.49. The molecule has 0 radical (unpaired) electrons. The number of fused-ring (bicyclic) bond motifs is 1. The van der Waals surface area contributed by atoms with E-state index in [1.807, 2.05) is 25.1 Å². The lowest BCUT2D eigenvalue weighted by molar-refractivity contribution is 0.102. The molecule has 0 atom stereocenters. The summed E-state index contributed by atoms with van der Waals surface area (Å²) in [6.45, 7) is 2.00. The minimum atomic E-state index is -0.258. The van der Waals surface area contributed by atoms with E-state index in [1.54, 1.807) is 30.3 Å². The number of para-hydroxylation sites is 1. The number of amides is 1. The Morgan fingerprint density at radius 3 is 2.81 bits per heavy atom. The highest BCUT2D eigenvalue weighted by atomic mass is 16.1. The molecule has 3 aromatic rings. The Balaban J connectivity index is 1.92. The van der Waals surface area contributed by atoms with Gasteiger partial charge in [0.2, 0.25) is 0 Å². The van der Waals surface area contributed by atoms with Crippen molar-refractivity contribution in [2.75, 3.05) is 5.32 Å². The molecule has 1 aromatic heterocycles. The first-order valence-electron chi connectivity index (χ1n) is 6.57. The zero-order valence-corrected chi connectivity index (χ0v) is 11.5. The predicted molar refractivity (Wildman–Crippen MR) is 82.1 cm³/mol. The average molecular weight is 275 g/mol. The van der Waals surface area contributed by atoms with Crippen LogP contribution in [0.15, 0.2) is 48.5 Å². The number of carbonyl (C=O) groups is 1. The van der Waals surface area contributed by atoms with Crippen LogP contribution in [0, 0.1) is 18.3 Å². The summed E-state index contributed by atoms with van der Waals surface area (Å²) in [5.74, 6) is -0.258. The maximum atomic E-state index is 12.3. The zero-order valence-electron chi connectivity index (χ0n) is 11.5. The van der Waals surface area contributed by atoms with Crippen LogP contribution >= 0.6 is 0 Å². The van der Waals surface area contributed by atoms with Crippen LogP contribution < -0.4 is 5.32 Å². The monoisotopic (exact) mass is 275 g/mol. The predicted octanol–water partition coefficient (Wildman–Crippen LogP) is 3.60. The Bertz CT molecular complexity index is 871. The minimum Gasteiger partial charge on any atom is -0.351 e. The summed E-state index contributed by atoms with van der Waals surface area (Å²) >= 11 is 0. The second-order valence-corrected chi connectivity index (χ2v) is 4.89. The van der Waals surface area contributed by atoms with Gasteiger partial charge in [-0.1, -0.05) is 24.3 Å². The summed E-state index contributed by atoms with van der Waals surface area (Å²) < 4.78 is 0. The number of benzene rings is 2. The molecule has 0 bridgehead atoms. The number of aromatic nitrogens is 1. The number of carbonyl (C=O) groups excluding carboxylic acids is 1. The van der Waals surface area contributed by atoms with Crippen LogP contribution in [0.3, 0.4) is 0 Å². The van der Waals surface area contributed by atoms with Crippen molar-refractivity contribution in [1.82, 2.24) is 4.98 Å². The molecular formula is C17H13N3O. The van der Waals surface area contributed by atoms with Gasteiger partial charge in [0.1, 0.15) is 11.8 Å². The van der Waals surface area contributed by atoms with Crippen molar-refractivity contribution in [2.45, 2.75) is 6.92 Å². The number of H-pyrrole nitrogens is 1. The summed E-state index contributed by atoms with van der Waals surface area (Å²) in [5, 5.41) is 12.8. The van der Waals surface area contributed by atoms with Gasteiger partial charge in [0.05, 0.1) is 11.3 Å². The zero-order chi connectivity index (χ0) is 14.8. The Morgan fingerprint density at radius 1 is 1.19 bits per heavy atom. The van der Waals surface area contributed by atoms with Crippen LogP contribution in [0.4, 0.5) is 5.69 Å². The maximum absolute atomic E-state index is 12.3. The molecule has 0 fully saturated rings. The minimum absolute atomic E-state index is 0.258. The van der Waals surface area contributed by atoms with Crippen LogP contribution in [0.5, 0.6) is 0 Å². The van der Waals surface area contributed by atoms with Gasteiger partial charge in [-0.25, -0.2) is 0 Å². The molecule has 0 unspecified atom stereocenters. The van der Waals surface area contributed by atoms with E-state index >= 15 is 0 Å². The number of hydrogen-bond acceptors (Lipinski definition) is 2. The van der Waals surface area contributed by atoms with E-state index in [4.69, 9.17) is 5.26 Å². The number of aromatic amines is 1. The molecule has 0 spiro atoms. The number of rotatable bonds is 2. The second kappa shape index (κ2) is 5.14. The number of nitriles is 1. The molecule has 2 N–H and O–H groups in total. The summed E-state index contributed by atoms with van der Waals surface area (Å²) in [6.07, 6.45) is 0. The van der Waals surface area contributed by atoms with E-state index in [0.717, 1.165) is 16.5 Å². The van der Waals surface area contributed by atoms with Crippen LogP contribution in [0.2, 0.25) is 0 Å². The van der Waals surface area contributed by atoms with Gasteiger partial charge in [-0.3, -0.25) is 4.79 Å². The molecule has 0 aliphatic rings. The third-order valence-corrected chi connectivity index (χ3v) is 3.32. The fraction of sp³-hybridized carbons (Fsp3) is 0.0588. The molecule has 4 heteroatoms. The second-order valence-electron chi connectivity index (χ2n) is 4.89. The van der Waals surface area contributed by atoms with Gasteiger partial charge in [0, 0.05) is 10.9 Å². The smallest absolute Gasteiger partial charge is 0.272 e. The first-order valence-corrected chi connectivity index (χ1v) is 6.57. The molecule has 0 aliphatic carbocycles. The highest BCUT2D eigenvalue weighted by Crippen LogP contribution is 2.19. The molecule has 21 heavy (non-hydrogen) atoms. The first-order chi connectivity index (χ1) is 10.2. The molecule has 2 aromatic carbocycles. The fourth-order valence-electron chi connectivity index (χ4n) is 2.24. The standard InChI is InChI=1S/C17H13N3O/c1-11-6-7-12-9-16(19-15(12)8-11)17(21)20-14-5-3-2-4-13(14)10-18/h2-9,19H,1H3,(H,20,21). The highest BCUT2D eigenvalue weighted by Gasteiger charge is 2.11. The van der Waals surface area contributed by atoms with Crippen molar-refractivity contribution in [3.63, 3.8) is 0 Å². The Hall–Kier alpha value is -3.06. The number of anilines is 1. The van der Waals surface area contributed by atoms with Crippen molar-refractivity contribution < 1.29 is 4.79 Å². The Kier molecular flexibility index (Phi) is 3.17. The largest absolute Gasteiger partial charge is 0.351 e. The molecule has 102 valence electrons. The van der Waals surface area contributed by atoms with Gasteiger partial charge in [0.15, 0.2) is 0 Å². The van der Waals surface area contributed by atoms with Gasteiger partial charge >= 0.3 is 0 Å². The SMILES string of the molecule is Cc1ccc2cc(C(=O)Nc3ccccc3C#N)[nH]c2c1. The molecule has 0 aliphatic heterocycles. The lowest BCUT2D eigenvalue weighted by atomic mass is 10.2. The van der Waals surface area contributed by atoms with Gasteiger partial charge in [-0.15, -0.1) is 0 Å². The lowest BCUT2D eigenvalue weighted by Crippen LogP contribution is -2.13. The first kappa shape index (κ1) is 12.9. The molecule has 0 saturated carbocycles. The van der Waals surface area contributed by atoms with E-state index < -0.39 is 0 Å². The summed E-state index contributed by atoms with van der Waals surface area (Å²) in [7, 11) is 0. The third-order valence-electron chi connectivity index (χ3n) is 3.32. The van der Waals surface area contributed by atoms with E-state index in [2.05, 4.69) is 16.4 Å². The number of nitrogens with zero attached hydrogens (tertiary/aromatic N) is 1. The Morgan fingerprint density at radius 2 is 2.00 bits per heavy atom. The molecule has 0 saturated heterocycles. The molecular weight excluding hydrogens is 262 g/mol. The van der Waals surface area contributed by atoms with Gasteiger partial charge < -0.3 is 10.3 Å². The van der Waals surface area contributed by atoms with E-state index in [0.29, 0.717) is 16.9 Å². The van der Waals surface area contributed by atoms with Crippen LogP contribution in [-0.2, 0) is 0 Å². The van der Waals surface area contributed by atoms with Gasteiger partial charge in [-0.05, 0) is 36.8 Å². The average Bonchev–Trinajstić information content (AvgIpc) is 2.91. The number of aryl methyl sites for hydroxylation is 1. The maximum Gasteiger partial charge on any atom is 0.272 e. The summed E-state index contributed by atoms with van der Waals surface area (Å²) in [5.41, 5.74) is 3.49. The van der Waals surface area contributed by atoms with Gasteiger partial charge in [-0.2, -0.15) is 5.26 Å². The van der Waals surface area contributed by atoms with E-state index in [9.17, 15) is 4.79 Å². The topological polar surface area (TPSA) is 68.7 Å². The Labute approximate surface area is 122 Å². The normalized spacial score (nSPS) is 10.3. The quantitative estimate of drug-likeness (QED) is 0.750. The van der Waals surface area contributed by atoms with Crippen LogP contribution in [0.25, 0.3) is 10.9 Å². The lowest BCUT2D eigenvalue weighted by Gasteiger charge is -2.05. The number of hydrogen-bond donors (Lipinski definition) is 2. The van der Waals surface area contributed by atoms with Gasteiger partial charge in [0.25, 0.3) is 5.91 Å². The van der Waals surface area contributed by atoms with E-state index in [-0.39, 0.29) is 5.91 Å². The van der Waals surface area contributed by atoms with Crippen molar-refractivity contribution in [1.29, 1.82) is 5.26 Å². The summed E-state index contributed by atoms with van der Waals surface area (Å²) in [4.78, 5) is 15.4. The molecule has 3 rings (SSSR count). The van der Waals surface area contributed by atoms with Crippen molar-refractivity contribution in [2.24, 2.45) is 0 Å². The summed E-state index contributed by atoms with van der Waals surface area (Å²) in [6, 6.07) is 16.8. The van der Waals surface area contributed by atoms with E-state index in [1.165, 1.54) is 0 Å².